The minimum absolute atomic E-state index is 0.0161. The number of benzene rings is 3. The highest BCUT2D eigenvalue weighted by Gasteiger charge is 2.17. The average molecular weight is 413 g/mol. The number of aryl methyl sites for hydroxylation is 1. The minimum atomic E-state index is -0.471. The quantitative estimate of drug-likeness (QED) is 0.478. The zero-order valence-electron chi connectivity index (χ0n) is 16.9. The topological polar surface area (TPSA) is 105 Å². The van der Waals surface area contributed by atoms with E-state index < -0.39 is 5.97 Å². The highest BCUT2D eigenvalue weighted by Crippen LogP contribution is 2.32. The standard InChI is InChI=1S/C24H19N3O4/c1-14-11-15(13-16(12-14)24(30)31-2)21-25-22(17-7-3-5-9-19(17)28)27-23(26-21)18-8-4-6-10-20(18)29/h3-13,28-29H,1-2H3. The monoisotopic (exact) mass is 413 g/mol. The first-order valence-corrected chi connectivity index (χ1v) is 9.49. The fourth-order valence-electron chi connectivity index (χ4n) is 3.22. The summed E-state index contributed by atoms with van der Waals surface area (Å²) in [7, 11) is 1.32. The van der Waals surface area contributed by atoms with Crippen LogP contribution in [0.5, 0.6) is 11.5 Å². The van der Waals surface area contributed by atoms with Crippen molar-refractivity contribution in [2.24, 2.45) is 0 Å². The van der Waals surface area contributed by atoms with Crippen LogP contribution in [-0.4, -0.2) is 38.2 Å². The lowest BCUT2D eigenvalue weighted by Crippen LogP contribution is -2.04. The van der Waals surface area contributed by atoms with Crippen molar-refractivity contribution >= 4 is 5.97 Å². The average Bonchev–Trinajstić information content (AvgIpc) is 2.78. The van der Waals surface area contributed by atoms with E-state index in [1.165, 1.54) is 7.11 Å². The van der Waals surface area contributed by atoms with Crippen molar-refractivity contribution in [3.05, 3.63) is 77.9 Å². The molecule has 0 saturated heterocycles. The minimum Gasteiger partial charge on any atom is -0.507 e. The summed E-state index contributed by atoms with van der Waals surface area (Å²) in [5.41, 5.74) is 2.61. The lowest BCUT2D eigenvalue weighted by Gasteiger charge is -2.11. The van der Waals surface area contributed by atoms with Crippen LogP contribution < -0.4 is 0 Å². The maximum absolute atomic E-state index is 12.1. The molecule has 0 bridgehead atoms. The van der Waals surface area contributed by atoms with Gasteiger partial charge in [0.2, 0.25) is 0 Å². The predicted octanol–water partition coefficient (Wildman–Crippen LogP) is 4.38. The third-order valence-corrected chi connectivity index (χ3v) is 4.68. The Morgan fingerprint density at radius 3 is 1.81 bits per heavy atom. The van der Waals surface area contributed by atoms with Gasteiger partial charge in [0.05, 0.1) is 23.8 Å². The van der Waals surface area contributed by atoms with Crippen molar-refractivity contribution < 1.29 is 19.7 Å². The van der Waals surface area contributed by atoms with Gasteiger partial charge in [0.15, 0.2) is 17.5 Å². The summed E-state index contributed by atoms with van der Waals surface area (Å²) >= 11 is 0. The third-order valence-electron chi connectivity index (χ3n) is 4.68. The molecule has 0 amide bonds. The zero-order valence-corrected chi connectivity index (χ0v) is 16.9. The van der Waals surface area contributed by atoms with Crippen LogP contribution in [0.3, 0.4) is 0 Å². The van der Waals surface area contributed by atoms with E-state index in [2.05, 4.69) is 15.0 Å². The molecule has 7 nitrogen and oxygen atoms in total. The van der Waals surface area contributed by atoms with E-state index in [1.807, 2.05) is 13.0 Å². The molecule has 0 spiro atoms. The van der Waals surface area contributed by atoms with Crippen LogP contribution in [0.15, 0.2) is 66.7 Å². The van der Waals surface area contributed by atoms with E-state index in [9.17, 15) is 15.0 Å². The molecule has 0 saturated carbocycles. The number of rotatable bonds is 4. The SMILES string of the molecule is COC(=O)c1cc(C)cc(-c2nc(-c3ccccc3O)nc(-c3ccccc3O)n2)c1. The Kier molecular flexibility index (Phi) is 5.32. The smallest absolute Gasteiger partial charge is 0.337 e. The fourth-order valence-corrected chi connectivity index (χ4v) is 3.22. The van der Waals surface area contributed by atoms with Crippen LogP contribution >= 0.6 is 0 Å². The lowest BCUT2D eigenvalue weighted by molar-refractivity contribution is 0.0600. The number of para-hydroxylation sites is 2. The van der Waals surface area contributed by atoms with Crippen LogP contribution in [-0.2, 0) is 4.74 Å². The number of phenolic OH excluding ortho intramolecular Hbond substituents is 2. The first-order chi connectivity index (χ1) is 15.0. The van der Waals surface area contributed by atoms with Gasteiger partial charge >= 0.3 is 5.97 Å². The Balaban J connectivity index is 1.97. The number of carbonyl (C=O) groups is 1. The molecule has 0 aliphatic heterocycles. The Morgan fingerprint density at radius 1 is 0.774 bits per heavy atom. The normalized spacial score (nSPS) is 10.6. The molecule has 4 rings (SSSR count). The number of aromatic nitrogens is 3. The summed E-state index contributed by atoms with van der Waals surface area (Å²) in [5.74, 6) is 0.330. The number of nitrogens with zero attached hydrogens (tertiary/aromatic N) is 3. The van der Waals surface area contributed by atoms with E-state index in [0.29, 0.717) is 28.1 Å². The number of hydrogen-bond donors (Lipinski definition) is 2. The third kappa shape index (κ3) is 4.06. The highest BCUT2D eigenvalue weighted by molar-refractivity contribution is 5.91. The predicted molar refractivity (Wildman–Crippen MR) is 116 cm³/mol. The molecule has 7 heteroatoms. The molecule has 3 aromatic carbocycles. The van der Waals surface area contributed by atoms with Crippen LogP contribution in [0.2, 0.25) is 0 Å². The molecule has 4 aromatic rings. The summed E-state index contributed by atoms with van der Waals surface area (Å²) in [6.45, 7) is 1.85. The second-order valence-electron chi connectivity index (χ2n) is 6.92. The van der Waals surface area contributed by atoms with Gasteiger partial charge in [-0.2, -0.15) is 0 Å². The van der Waals surface area contributed by atoms with Gasteiger partial charge in [-0.3, -0.25) is 0 Å². The molecule has 0 fully saturated rings. The van der Waals surface area contributed by atoms with Crippen molar-refractivity contribution in [1.29, 1.82) is 0 Å². The summed E-state index contributed by atoms with van der Waals surface area (Å²) in [5, 5.41) is 20.6. The Labute approximate surface area is 178 Å². The molecule has 0 radical (unpaired) electrons. The number of ether oxygens (including phenoxy) is 1. The fraction of sp³-hybridized carbons (Fsp3) is 0.0833. The molecule has 0 aliphatic carbocycles. The van der Waals surface area contributed by atoms with E-state index in [-0.39, 0.29) is 23.1 Å². The molecule has 31 heavy (non-hydrogen) atoms. The Morgan fingerprint density at radius 2 is 1.29 bits per heavy atom. The van der Waals surface area contributed by atoms with Gasteiger partial charge in [-0.1, -0.05) is 24.3 Å². The summed E-state index contributed by atoms with van der Waals surface area (Å²) in [6, 6.07) is 18.6. The second kappa shape index (κ2) is 8.23. The van der Waals surface area contributed by atoms with Crippen LogP contribution in [0, 0.1) is 6.92 Å². The number of carbonyl (C=O) groups excluding carboxylic acids is 1. The number of aromatic hydroxyl groups is 2. The van der Waals surface area contributed by atoms with Crippen LogP contribution in [0.25, 0.3) is 34.2 Å². The molecule has 1 aromatic heterocycles. The molecule has 0 unspecified atom stereocenters. The van der Waals surface area contributed by atoms with Gasteiger partial charge in [0, 0.05) is 5.56 Å². The maximum atomic E-state index is 12.1. The van der Waals surface area contributed by atoms with E-state index in [4.69, 9.17) is 4.74 Å². The van der Waals surface area contributed by atoms with Gasteiger partial charge in [-0.05, 0) is 55.0 Å². The van der Waals surface area contributed by atoms with Crippen molar-refractivity contribution in [3.63, 3.8) is 0 Å². The van der Waals surface area contributed by atoms with Crippen molar-refractivity contribution in [2.75, 3.05) is 7.11 Å². The van der Waals surface area contributed by atoms with E-state index >= 15 is 0 Å². The lowest BCUT2D eigenvalue weighted by atomic mass is 10.1. The van der Waals surface area contributed by atoms with Gasteiger partial charge in [0.1, 0.15) is 11.5 Å². The molecule has 1 heterocycles. The van der Waals surface area contributed by atoms with Gasteiger partial charge < -0.3 is 14.9 Å². The zero-order chi connectivity index (χ0) is 22.0. The van der Waals surface area contributed by atoms with Crippen molar-refractivity contribution in [3.8, 4) is 45.7 Å². The van der Waals surface area contributed by atoms with Gasteiger partial charge in [-0.25, -0.2) is 19.7 Å². The van der Waals surface area contributed by atoms with E-state index in [0.717, 1.165) is 5.56 Å². The molecule has 2 N–H and O–H groups in total. The number of methoxy groups -OCH3 is 1. The Bertz CT molecular complexity index is 1220. The maximum Gasteiger partial charge on any atom is 0.337 e. The largest absolute Gasteiger partial charge is 0.507 e. The first kappa shape index (κ1) is 20.0. The highest BCUT2D eigenvalue weighted by atomic mass is 16.5. The summed E-state index contributed by atoms with van der Waals surface area (Å²) in [4.78, 5) is 25.6. The van der Waals surface area contributed by atoms with E-state index in [1.54, 1.807) is 60.7 Å². The second-order valence-corrected chi connectivity index (χ2v) is 6.92. The molecule has 0 atom stereocenters. The Hall–Kier alpha value is -4.26. The summed E-state index contributed by atoms with van der Waals surface area (Å²) in [6.07, 6.45) is 0. The molecular formula is C24H19N3O4. The first-order valence-electron chi connectivity index (χ1n) is 9.49. The summed E-state index contributed by atoms with van der Waals surface area (Å²) < 4.78 is 4.84. The van der Waals surface area contributed by atoms with Gasteiger partial charge in [-0.15, -0.1) is 0 Å². The molecular weight excluding hydrogens is 394 g/mol. The van der Waals surface area contributed by atoms with Crippen molar-refractivity contribution in [2.45, 2.75) is 6.92 Å². The molecule has 154 valence electrons. The number of esters is 1. The van der Waals surface area contributed by atoms with Crippen LogP contribution in [0.4, 0.5) is 0 Å². The number of phenols is 2. The number of hydrogen-bond acceptors (Lipinski definition) is 7. The van der Waals surface area contributed by atoms with Gasteiger partial charge in [0.25, 0.3) is 0 Å². The molecule has 0 aliphatic rings. The van der Waals surface area contributed by atoms with Crippen LogP contribution in [0.1, 0.15) is 15.9 Å². The van der Waals surface area contributed by atoms with Crippen molar-refractivity contribution in [1.82, 2.24) is 15.0 Å².